The molecule has 5 heteroatoms. The van der Waals surface area contributed by atoms with E-state index in [1.54, 1.807) is 0 Å². The summed E-state index contributed by atoms with van der Waals surface area (Å²) in [6.45, 7) is 0.700. The van der Waals surface area contributed by atoms with Gasteiger partial charge in [-0.3, -0.25) is 9.78 Å². The number of anilines is 1. The normalized spacial score (nSPS) is 15.8. The number of hydrogen-bond donors (Lipinski definition) is 2. The van der Waals surface area contributed by atoms with Gasteiger partial charge in [-0.05, 0) is 18.8 Å². The predicted molar refractivity (Wildman–Crippen MR) is 70.0 cm³/mol. The Bertz CT molecular complexity index is 402. The van der Waals surface area contributed by atoms with Crippen LogP contribution in [0.5, 0.6) is 0 Å². The lowest BCUT2D eigenvalue weighted by molar-refractivity contribution is 0.0947. The van der Waals surface area contributed by atoms with Gasteiger partial charge in [-0.1, -0.05) is 25.7 Å². The van der Waals surface area contributed by atoms with Crippen molar-refractivity contribution in [3.8, 4) is 0 Å². The van der Waals surface area contributed by atoms with Crippen molar-refractivity contribution in [3.05, 3.63) is 18.1 Å². The van der Waals surface area contributed by atoms with Crippen molar-refractivity contribution in [1.29, 1.82) is 0 Å². The van der Waals surface area contributed by atoms with Crippen molar-refractivity contribution in [2.24, 2.45) is 5.92 Å². The van der Waals surface area contributed by atoms with Crippen molar-refractivity contribution in [3.63, 3.8) is 0 Å². The van der Waals surface area contributed by atoms with Crippen molar-refractivity contribution in [2.75, 3.05) is 12.3 Å². The van der Waals surface area contributed by atoms with Crippen LogP contribution in [0.2, 0.25) is 0 Å². The summed E-state index contributed by atoms with van der Waals surface area (Å²) in [5, 5.41) is 2.85. The Balaban J connectivity index is 1.68. The van der Waals surface area contributed by atoms with Gasteiger partial charge >= 0.3 is 0 Å². The molecule has 98 valence electrons. The molecule has 0 aliphatic heterocycles. The molecule has 1 saturated carbocycles. The van der Waals surface area contributed by atoms with Crippen molar-refractivity contribution < 1.29 is 4.79 Å². The van der Waals surface area contributed by atoms with Crippen LogP contribution in [-0.4, -0.2) is 22.4 Å². The van der Waals surface area contributed by atoms with Crippen LogP contribution in [-0.2, 0) is 0 Å². The number of rotatable bonds is 5. The summed E-state index contributed by atoms with van der Waals surface area (Å²) in [5.41, 5.74) is 5.77. The van der Waals surface area contributed by atoms with Gasteiger partial charge in [0.25, 0.3) is 5.91 Å². The minimum atomic E-state index is -0.193. The maximum absolute atomic E-state index is 11.7. The van der Waals surface area contributed by atoms with Gasteiger partial charge in [0, 0.05) is 6.54 Å². The lowest BCUT2D eigenvalue weighted by atomic mass is 10.0. The lowest BCUT2D eigenvalue weighted by Gasteiger charge is -2.09. The van der Waals surface area contributed by atoms with Gasteiger partial charge in [0.05, 0.1) is 12.4 Å². The van der Waals surface area contributed by atoms with Crippen molar-refractivity contribution in [1.82, 2.24) is 15.3 Å². The molecule has 1 aliphatic rings. The smallest absolute Gasteiger partial charge is 0.271 e. The Morgan fingerprint density at radius 1 is 1.39 bits per heavy atom. The van der Waals surface area contributed by atoms with Gasteiger partial charge in [-0.25, -0.2) is 4.98 Å². The minimum Gasteiger partial charge on any atom is -0.382 e. The molecule has 0 atom stereocenters. The molecule has 0 spiro atoms. The Hall–Kier alpha value is -1.65. The first-order chi connectivity index (χ1) is 8.75. The first-order valence-electron chi connectivity index (χ1n) is 6.61. The largest absolute Gasteiger partial charge is 0.382 e. The molecular weight excluding hydrogens is 228 g/mol. The third-order valence-corrected chi connectivity index (χ3v) is 3.44. The molecule has 1 aromatic rings. The SMILES string of the molecule is Nc1cncc(C(=O)NCCCC2CCCC2)n1. The zero-order valence-corrected chi connectivity index (χ0v) is 10.6. The second kappa shape index (κ2) is 6.33. The number of nitrogens with two attached hydrogens (primary N) is 1. The van der Waals surface area contributed by atoms with Gasteiger partial charge in [0.2, 0.25) is 0 Å². The number of carbonyl (C=O) groups excluding carboxylic acids is 1. The van der Waals surface area contributed by atoms with E-state index in [4.69, 9.17) is 5.73 Å². The first kappa shape index (κ1) is 12.8. The highest BCUT2D eigenvalue weighted by atomic mass is 16.1. The zero-order valence-electron chi connectivity index (χ0n) is 10.6. The molecule has 5 nitrogen and oxygen atoms in total. The molecule has 0 saturated heterocycles. The highest BCUT2D eigenvalue weighted by Gasteiger charge is 2.14. The molecule has 1 aliphatic carbocycles. The summed E-state index contributed by atoms with van der Waals surface area (Å²) in [7, 11) is 0. The Kier molecular flexibility index (Phi) is 4.50. The van der Waals surface area contributed by atoms with Crippen LogP contribution in [0.15, 0.2) is 12.4 Å². The second-order valence-electron chi connectivity index (χ2n) is 4.88. The number of nitrogen functional groups attached to an aromatic ring is 1. The average Bonchev–Trinajstić information content (AvgIpc) is 2.87. The van der Waals surface area contributed by atoms with E-state index >= 15 is 0 Å². The van der Waals surface area contributed by atoms with E-state index in [9.17, 15) is 4.79 Å². The van der Waals surface area contributed by atoms with E-state index < -0.39 is 0 Å². The highest BCUT2D eigenvalue weighted by Crippen LogP contribution is 2.28. The molecule has 0 aromatic carbocycles. The fourth-order valence-corrected chi connectivity index (χ4v) is 2.47. The number of nitrogens with zero attached hydrogens (tertiary/aromatic N) is 2. The summed E-state index contributed by atoms with van der Waals surface area (Å²) in [4.78, 5) is 19.5. The summed E-state index contributed by atoms with van der Waals surface area (Å²) >= 11 is 0. The van der Waals surface area contributed by atoms with Crippen LogP contribution < -0.4 is 11.1 Å². The van der Waals surface area contributed by atoms with Crippen LogP contribution in [0, 0.1) is 5.92 Å². The van der Waals surface area contributed by atoms with E-state index in [0.29, 0.717) is 6.54 Å². The molecule has 2 rings (SSSR count). The standard InChI is InChI=1S/C13H20N4O/c14-12-9-15-8-11(17-12)13(18)16-7-3-6-10-4-1-2-5-10/h8-10H,1-7H2,(H2,14,17)(H,16,18). The van der Waals surface area contributed by atoms with E-state index in [1.165, 1.54) is 44.5 Å². The van der Waals surface area contributed by atoms with Gasteiger partial charge in [-0.15, -0.1) is 0 Å². The topological polar surface area (TPSA) is 80.9 Å². The Morgan fingerprint density at radius 2 is 2.17 bits per heavy atom. The van der Waals surface area contributed by atoms with Crippen LogP contribution in [0.25, 0.3) is 0 Å². The third kappa shape index (κ3) is 3.68. The second-order valence-corrected chi connectivity index (χ2v) is 4.88. The molecule has 3 N–H and O–H groups in total. The fraction of sp³-hybridized carbons (Fsp3) is 0.615. The van der Waals surface area contributed by atoms with Gasteiger partial charge in [-0.2, -0.15) is 0 Å². The van der Waals surface area contributed by atoms with E-state index in [1.807, 2.05) is 0 Å². The van der Waals surface area contributed by atoms with Crippen molar-refractivity contribution in [2.45, 2.75) is 38.5 Å². The fourth-order valence-electron chi connectivity index (χ4n) is 2.47. The van der Waals surface area contributed by atoms with Gasteiger partial charge < -0.3 is 11.1 Å². The molecular formula is C13H20N4O. The zero-order chi connectivity index (χ0) is 12.8. The lowest BCUT2D eigenvalue weighted by Crippen LogP contribution is -2.26. The maximum atomic E-state index is 11.7. The molecule has 0 radical (unpaired) electrons. The predicted octanol–water partition coefficient (Wildman–Crippen LogP) is 1.76. The first-order valence-corrected chi connectivity index (χ1v) is 6.61. The number of hydrogen-bond acceptors (Lipinski definition) is 4. The average molecular weight is 248 g/mol. The van der Waals surface area contributed by atoms with Gasteiger partial charge in [0.1, 0.15) is 11.5 Å². The molecule has 1 amide bonds. The van der Waals surface area contributed by atoms with Crippen LogP contribution in [0.3, 0.4) is 0 Å². The monoisotopic (exact) mass is 248 g/mol. The maximum Gasteiger partial charge on any atom is 0.271 e. The van der Waals surface area contributed by atoms with Crippen molar-refractivity contribution >= 4 is 11.7 Å². The summed E-state index contributed by atoms with van der Waals surface area (Å²) in [6, 6.07) is 0. The number of aromatic nitrogens is 2. The molecule has 0 unspecified atom stereocenters. The van der Waals surface area contributed by atoms with Gasteiger partial charge in [0.15, 0.2) is 0 Å². The summed E-state index contributed by atoms with van der Waals surface area (Å²) in [6.07, 6.45) is 10.6. The number of nitrogens with one attached hydrogen (secondary N) is 1. The molecule has 0 bridgehead atoms. The summed E-state index contributed by atoms with van der Waals surface area (Å²) < 4.78 is 0. The van der Waals surface area contributed by atoms with Crippen LogP contribution >= 0.6 is 0 Å². The highest BCUT2D eigenvalue weighted by molar-refractivity contribution is 5.92. The van der Waals surface area contributed by atoms with E-state index in [0.717, 1.165) is 12.3 Å². The molecule has 1 heterocycles. The minimum absolute atomic E-state index is 0.193. The number of amides is 1. The Labute approximate surface area is 107 Å². The van der Waals surface area contributed by atoms with Crippen LogP contribution in [0.1, 0.15) is 49.0 Å². The quantitative estimate of drug-likeness (QED) is 0.778. The number of carbonyl (C=O) groups is 1. The Morgan fingerprint density at radius 3 is 2.89 bits per heavy atom. The van der Waals surface area contributed by atoms with E-state index in [2.05, 4.69) is 15.3 Å². The summed E-state index contributed by atoms with van der Waals surface area (Å²) in [5.74, 6) is 0.948. The molecule has 18 heavy (non-hydrogen) atoms. The third-order valence-electron chi connectivity index (χ3n) is 3.44. The molecule has 1 fully saturated rings. The molecule has 1 aromatic heterocycles. The van der Waals surface area contributed by atoms with E-state index in [-0.39, 0.29) is 17.4 Å². The van der Waals surface area contributed by atoms with Crippen LogP contribution in [0.4, 0.5) is 5.82 Å².